The number of hydrogen-bond donors (Lipinski definition) is 2. The van der Waals surface area contributed by atoms with E-state index < -0.39 is 17.6 Å². The molecule has 0 radical (unpaired) electrons. The molecular weight excluding hydrogens is 320 g/mol. The van der Waals surface area contributed by atoms with Crippen LogP contribution in [0.5, 0.6) is 0 Å². The van der Waals surface area contributed by atoms with E-state index in [4.69, 9.17) is 10.5 Å². The van der Waals surface area contributed by atoms with Crippen molar-refractivity contribution in [2.45, 2.75) is 25.5 Å². The Morgan fingerprint density at radius 2 is 1.84 bits per heavy atom. The van der Waals surface area contributed by atoms with Gasteiger partial charge < -0.3 is 15.2 Å². The molecule has 3 N–H and O–H groups in total. The first-order valence-electron chi connectivity index (χ1n) is 7.84. The lowest BCUT2D eigenvalue weighted by molar-refractivity contribution is -0.141. The van der Waals surface area contributed by atoms with Crippen molar-refractivity contribution in [3.05, 3.63) is 65.7 Å². The van der Waals surface area contributed by atoms with Crippen LogP contribution in [0.2, 0.25) is 0 Å². The predicted octanol–water partition coefficient (Wildman–Crippen LogP) is 3.17. The van der Waals surface area contributed by atoms with Crippen LogP contribution in [-0.4, -0.2) is 19.2 Å². The minimum absolute atomic E-state index is 0.0331. The van der Waals surface area contributed by atoms with Gasteiger partial charge in [0.2, 0.25) is 0 Å². The van der Waals surface area contributed by atoms with Crippen molar-refractivity contribution in [3.8, 4) is 0 Å². The largest absolute Gasteiger partial charge is 0.469 e. The van der Waals surface area contributed by atoms with Gasteiger partial charge in [0.25, 0.3) is 0 Å². The number of ether oxygens (including phenoxy) is 2. The molecule has 25 heavy (non-hydrogen) atoms. The summed E-state index contributed by atoms with van der Waals surface area (Å²) in [5.41, 5.74) is 7.45. The summed E-state index contributed by atoms with van der Waals surface area (Å²) in [6.45, 7) is 1.92. The van der Waals surface area contributed by atoms with Gasteiger partial charge in [-0.1, -0.05) is 42.5 Å². The summed E-state index contributed by atoms with van der Waals surface area (Å²) in [5.74, 6) is -0.398. The van der Waals surface area contributed by atoms with Gasteiger partial charge in [-0.15, -0.1) is 0 Å². The lowest BCUT2D eigenvalue weighted by Gasteiger charge is -2.24. The normalized spacial score (nSPS) is 12.8. The number of methoxy groups -OCH3 is 1. The lowest BCUT2D eigenvalue weighted by atomic mass is 9.89. The lowest BCUT2D eigenvalue weighted by Crippen LogP contribution is -2.36. The molecule has 2 rings (SSSR count). The molecule has 2 aromatic rings. The fourth-order valence-corrected chi connectivity index (χ4v) is 2.30. The highest BCUT2D eigenvalue weighted by Crippen LogP contribution is 2.24. The summed E-state index contributed by atoms with van der Waals surface area (Å²) < 4.78 is 9.85. The third-order valence-corrected chi connectivity index (χ3v) is 3.72. The van der Waals surface area contributed by atoms with E-state index in [1.165, 1.54) is 7.11 Å². The highest BCUT2D eigenvalue weighted by Gasteiger charge is 2.25. The SMILES string of the molecule is COC(=O)CC(C)(N)c1cccc(NC(=O)OCc2ccccc2)c1. The molecule has 6 heteroatoms. The molecule has 0 aromatic heterocycles. The summed E-state index contributed by atoms with van der Waals surface area (Å²) in [4.78, 5) is 23.4. The van der Waals surface area contributed by atoms with E-state index in [0.717, 1.165) is 5.56 Å². The van der Waals surface area contributed by atoms with Gasteiger partial charge in [0, 0.05) is 11.2 Å². The maximum Gasteiger partial charge on any atom is 0.411 e. The van der Waals surface area contributed by atoms with Crippen LogP contribution in [0.15, 0.2) is 54.6 Å². The monoisotopic (exact) mass is 342 g/mol. The molecule has 0 fully saturated rings. The van der Waals surface area contributed by atoms with Crippen LogP contribution in [0.3, 0.4) is 0 Å². The number of anilines is 1. The first kappa shape index (κ1) is 18.5. The molecule has 1 unspecified atom stereocenters. The maximum absolute atomic E-state index is 11.9. The van der Waals surface area contributed by atoms with Gasteiger partial charge in [0.15, 0.2) is 0 Å². The molecule has 132 valence electrons. The summed E-state index contributed by atoms with van der Waals surface area (Å²) >= 11 is 0. The Labute approximate surface area is 146 Å². The van der Waals surface area contributed by atoms with Gasteiger partial charge in [-0.05, 0) is 30.2 Å². The third-order valence-electron chi connectivity index (χ3n) is 3.72. The van der Waals surface area contributed by atoms with Crippen molar-refractivity contribution in [3.63, 3.8) is 0 Å². The molecule has 0 spiro atoms. The smallest absolute Gasteiger partial charge is 0.411 e. The number of carbonyl (C=O) groups excluding carboxylic acids is 2. The fraction of sp³-hybridized carbons (Fsp3) is 0.263. The van der Waals surface area contributed by atoms with Crippen LogP contribution in [-0.2, 0) is 26.4 Å². The zero-order valence-electron chi connectivity index (χ0n) is 14.3. The van der Waals surface area contributed by atoms with E-state index in [2.05, 4.69) is 10.1 Å². The summed E-state index contributed by atoms with van der Waals surface area (Å²) in [5, 5.41) is 2.66. The van der Waals surface area contributed by atoms with Gasteiger partial charge >= 0.3 is 12.1 Å². The van der Waals surface area contributed by atoms with Crippen LogP contribution >= 0.6 is 0 Å². The predicted molar refractivity (Wildman–Crippen MR) is 94.9 cm³/mol. The Morgan fingerprint density at radius 3 is 2.52 bits per heavy atom. The van der Waals surface area contributed by atoms with Gasteiger partial charge in [-0.3, -0.25) is 10.1 Å². The number of hydrogen-bond acceptors (Lipinski definition) is 5. The number of esters is 1. The number of nitrogens with two attached hydrogens (primary N) is 1. The number of benzene rings is 2. The average molecular weight is 342 g/mol. The first-order chi connectivity index (χ1) is 11.9. The highest BCUT2D eigenvalue weighted by atomic mass is 16.5. The first-order valence-corrected chi connectivity index (χ1v) is 7.84. The van der Waals surface area contributed by atoms with Gasteiger partial charge in [0.05, 0.1) is 13.5 Å². The number of carbonyl (C=O) groups is 2. The van der Waals surface area contributed by atoms with Crippen molar-refractivity contribution in [2.75, 3.05) is 12.4 Å². The minimum atomic E-state index is -0.904. The summed E-state index contributed by atoms with van der Waals surface area (Å²) in [6, 6.07) is 16.4. The van der Waals surface area contributed by atoms with Crippen LogP contribution in [0, 0.1) is 0 Å². The molecule has 0 aliphatic heterocycles. The van der Waals surface area contributed by atoms with E-state index in [1.807, 2.05) is 30.3 Å². The van der Waals surface area contributed by atoms with Crippen LogP contribution in [0.4, 0.5) is 10.5 Å². The number of rotatable bonds is 6. The van der Waals surface area contributed by atoms with Gasteiger partial charge in [-0.25, -0.2) is 4.79 Å². The molecular formula is C19H22N2O4. The molecule has 6 nitrogen and oxygen atoms in total. The average Bonchev–Trinajstić information content (AvgIpc) is 2.60. The molecule has 0 saturated heterocycles. The molecule has 0 saturated carbocycles. The Morgan fingerprint density at radius 1 is 1.12 bits per heavy atom. The molecule has 1 amide bonds. The third kappa shape index (κ3) is 5.61. The molecule has 0 bridgehead atoms. The van der Waals surface area contributed by atoms with Crippen LogP contribution in [0.25, 0.3) is 0 Å². The van der Waals surface area contributed by atoms with Crippen molar-refractivity contribution < 1.29 is 19.1 Å². The van der Waals surface area contributed by atoms with E-state index in [1.54, 1.807) is 31.2 Å². The highest BCUT2D eigenvalue weighted by molar-refractivity contribution is 5.84. The zero-order chi connectivity index (χ0) is 18.3. The van der Waals surface area contributed by atoms with E-state index >= 15 is 0 Å². The van der Waals surface area contributed by atoms with Gasteiger partial charge in [0.1, 0.15) is 6.61 Å². The molecule has 0 aliphatic rings. The second kappa shape index (κ2) is 8.30. The van der Waals surface area contributed by atoms with Gasteiger partial charge in [-0.2, -0.15) is 0 Å². The van der Waals surface area contributed by atoms with E-state index in [-0.39, 0.29) is 13.0 Å². The Bertz CT molecular complexity index is 729. The van der Waals surface area contributed by atoms with Crippen molar-refractivity contribution in [2.24, 2.45) is 5.73 Å². The Kier molecular flexibility index (Phi) is 6.14. The summed E-state index contributed by atoms with van der Waals surface area (Å²) in [6.07, 6.45) is -0.529. The number of nitrogens with one attached hydrogen (secondary N) is 1. The summed E-state index contributed by atoms with van der Waals surface area (Å²) in [7, 11) is 1.32. The molecule has 0 aliphatic carbocycles. The Balaban J connectivity index is 1.98. The second-order valence-electron chi connectivity index (χ2n) is 5.94. The minimum Gasteiger partial charge on any atom is -0.469 e. The standard InChI is InChI=1S/C19H22N2O4/c1-19(20,12-17(22)24-2)15-9-6-10-16(11-15)21-18(23)25-13-14-7-4-3-5-8-14/h3-11H,12-13,20H2,1-2H3,(H,21,23). The topological polar surface area (TPSA) is 90.6 Å². The quantitative estimate of drug-likeness (QED) is 0.787. The number of amides is 1. The molecule has 1 atom stereocenters. The van der Waals surface area contributed by atoms with Crippen molar-refractivity contribution >= 4 is 17.7 Å². The molecule has 2 aromatic carbocycles. The maximum atomic E-state index is 11.9. The Hall–Kier alpha value is -2.86. The second-order valence-corrected chi connectivity index (χ2v) is 5.94. The molecule has 0 heterocycles. The zero-order valence-corrected chi connectivity index (χ0v) is 14.3. The van der Waals surface area contributed by atoms with Crippen LogP contribution in [0.1, 0.15) is 24.5 Å². The van der Waals surface area contributed by atoms with Crippen LogP contribution < -0.4 is 11.1 Å². The van der Waals surface area contributed by atoms with Crippen molar-refractivity contribution in [1.29, 1.82) is 0 Å². The van der Waals surface area contributed by atoms with E-state index in [9.17, 15) is 9.59 Å². The van der Waals surface area contributed by atoms with E-state index in [0.29, 0.717) is 11.3 Å². The van der Waals surface area contributed by atoms with Crippen molar-refractivity contribution in [1.82, 2.24) is 0 Å². The fourth-order valence-electron chi connectivity index (χ4n) is 2.30.